The van der Waals surface area contributed by atoms with E-state index in [1.807, 2.05) is 66.7 Å². The Bertz CT molecular complexity index is 894. The zero-order valence-corrected chi connectivity index (χ0v) is 18.1. The lowest BCUT2D eigenvalue weighted by Crippen LogP contribution is -2.39. The van der Waals surface area contributed by atoms with Gasteiger partial charge in [-0.15, -0.1) is 0 Å². The molecule has 32 heavy (non-hydrogen) atoms. The van der Waals surface area contributed by atoms with Gasteiger partial charge in [-0.25, -0.2) is 0 Å². The van der Waals surface area contributed by atoms with Gasteiger partial charge >= 0.3 is 0 Å². The SMILES string of the molecule is c1ccc(CNC2COc3ccccc3OCCOCCOc3ccccc3OC2)cc1. The van der Waals surface area contributed by atoms with Crippen molar-refractivity contribution in [2.75, 3.05) is 39.6 Å². The second-order valence-corrected chi connectivity index (χ2v) is 7.39. The number of ether oxygens (including phenoxy) is 5. The first-order valence-electron chi connectivity index (χ1n) is 10.9. The Hall–Kier alpha value is -3.22. The summed E-state index contributed by atoms with van der Waals surface area (Å²) in [5.74, 6) is 2.81. The van der Waals surface area contributed by atoms with E-state index in [1.165, 1.54) is 5.56 Å². The van der Waals surface area contributed by atoms with Crippen molar-refractivity contribution in [3.05, 3.63) is 84.4 Å². The van der Waals surface area contributed by atoms with Gasteiger partial charge in [-0.2, -0.15) is 0 Å². The van der Waals surface area contributed by atoms with Crippen LogP contribution < -0.4 is 24.3 Å². The maximum Gasteiger partial charge on any atom is 0.161 e. The molecule has 0 aliphatic carbocycles. The van der Waals surface area contributed by atoms with Gasteiger partial charge in [0.25, 0.3) is 0 Å². The number of benzene rings is 3. The second-order valence-electron chi connectivity index (χ2n) is 7.39. The molecule has 0 amide bonds. The fraction of sp³-hybridized carbons (Fsp3) is 0.308. The van der Waals surface area contributed by atoms with Crippen LogP contribution in [-0.4, -0.2) is 45.7 Å². The van der Waals surface area contributed by atoms with Crippen LogP contribution in [0.2, 0.25) is 0 Å². The predicted molar refractivity (Wildman–Crippen MR) is 123 cm³/mol. The molecule has 0 saturated carbocycles. The van der Waals surface area contributed by atoms with E-state index in [4.69, 9.17) is 23.7 Å². The lowest BCUT2D eigenvalue weighted by molar-refractivity contribution is 0.0732. The Morgan fingerprint density at radius 3 is 1.56 bits per heavy atom. The average Bonchev–Trinajstić information content (AvgIpc) is 2.84. The topological polar surface area (TPSA) is 58.2 Å². The van der Waals surface area contributed by atoms with Gasteiger partial charge in [0.05, 0.1) is 19.3 Å². The molecule has 6 heteroatoms. The minimum atomic E-state index is -0.0486. The first-order chi connectivity index (χ1) is 15.9. The minimum absolute atomic E-state index is 0.0486. The molecule has 0 radical (unpaired) electrons. The van der Waals surface area contributed by atoms with Gasteiger partial charge in [-0.05, 0) is 29.8 Å². The monoisotopic (exact) mass is 435 g/mol. The standard InChI is InChI=1S/C26H29NO5/c1-2-8-21(9-3-1)18-27-22-19-31-25-12-6-4-10-23(25)29-16-14-28-15-17-30-24-11-5-7-13-26(24)32-20-22/h1-13,22,27H,14-20H2. The van der Waals surface area contributed by atoms with Crippen LogP contribution in [0.1, 0.15) is 5.56 Å². The first-order valence-corrected chi connectivity index (χ1v) is 10.9. The highest BCUT2D eigenvalue weighted by Gasteiger charge is 2.15. The van der Waals surface area contributed by atoms with Crippen LogP contribution in [-0.2, 0) is 11.3 Å². The van der Waals surface area contributed by atoms with Crippen LogP contribution in [0.25, 0.3) is 0 Å². The van der Waals surface area contributed by atoms with E-state index >= 15 is 0 Å². The van der Waals surface area contributed by atoms with Crippen LogP contribution in [0.3, 0.4) is 0 Å². The molecule has 0 bridgehead atoms. The molecule has 0 aromatic heterocycles. The maximum absolute atomic E-state index is 6.14. The van der Waals surface area contributed by atoms with Crippen LogP contribution in [0.15, 0.2) is 78.9 Å². The van der Waals surface area contributed by atoms with Crippen LogP contribution >= 0.6 is 0 Å². The minimum Gasteiger partial charge on any atom is -0.488 e. The molecular weight excluding hydrogens is 406 g/mol. The quantitative estimate of drug-likeness (QED) is 0.669. The number of nitrogens with one attached hydrogen (secondary N) is 1. The van der Waals surface area contributed by atoms with Gasteiger partial charge in [0.1, 0.15) is 26.4 Å². The van der Waals surface area contributed by atoms with Crippen LogP contribution in [0.4, 0.5) is 0 Å². The lowest BCUT2D eigenvalue weighted by atomic mass is 10.2. The molecule has 1 N–H and O–H groups in total. The molecule has 6 nitrogen and oxygen atoms in total. The van der Waals surface area contributed by atoms with E-state index in [-0.39, 0.29) is 6.04 Å². The molecule has 0 fully saturated rings. The number of rotatable bonds is 3. The highest BCUT2D eigenvalue weighted by atomic mass is 16.6. The average molecular weight is 436 g/mol. The third-order valence-electron chi connectivity index (χ3n) is 4.99. The Labute approximate surface area is 189 Å². The molecule has 1 aliphatic rings. The fourth-order valence-corrected chi connectivity index (χ4v) is 3.31. The van der Waals surface area contributed by atoms with Crippen molar-refractivity contribution in [2.24, 2.45) is 0 Å². The van der Waals surface area contributed by atoms with E-state index in [9.17, 15) is 0 Å². The summed E-state index contributed by atoms with van der Waals surface area (Å²) in [6, 6.07) is 25.6. The van der Waals surface area contributed by atoms with Crippen molar-refractivity contribution in [2.45, 2.75) is 12.6 Å². The Morgan fingerprint density at radius 2 is 1.03 bits per heavy atom. The molecule has 1 heterocycles. The van der Waals surface area contributed by atoms with E-state index in [1.54, 1.807) is 0 Å². The van der Waals surface area contributed by atoms with Gasteiger partial charge in [0, 0.05) is 6.54 Å². The highest BCUT2D eigenvalue weighted by molar-refractivity contribution is 5.40. The first kappa shape index (κ1) is 22.0. The Morgan fingerprint density at radius 1 is 0.562 bits per heavy atom. The van der Waals surface area contributed by atoms with Gasteiger partial charge in [-0.1, -0.05) is 54.6 Å². The predicted octanol–water partition coefficient (Wildman–Crippen LogP) is 4.09. The van der Waals surface area contributed by atoms with Crippen molar-refractivity contribution < 1.29 is 23.7 Å². The summed E-state index contributed by atoms with van der Waals surface area (Å²) in [5, 5.41) is 3.55. The number of para-hydroxylation sites is 4. The Balaban J connectivity index is 1.49. The molecule has 3 aromatic carbocycles. The molecule has 0 unspecified atom stereocenters. The normalized spacial score (nSPS) is 15.8. The van der Waals surface area contributed by atoms with E-state index in [0.717, 1.165) is 0 Å². The highest BCUT2D eigenvalue weighted by Crippen LogP contribution is 2.28. The van der Waals surface area contributed by atoms with Crippen LogP contribution in [0.5, 0.6) is 23.0 Å². The third-order valence-corrected chi connectivity index (χ3v) is 4.99. The van der Waals surface area contributed by atoms with Crippen molar-refractivity contribution in [3.63, 3.8) is 0 Å². The number of hydrogen-bond donors (Lipinski definition) is 1. The molecular formula is C26H29NO5. The summed E-state index contributed by atoms with van der Waals surface area (Å²) < 4.78 is 29.6. The van der Waals surface area contributed by atoms with Crippen molar-refractivity contribution >= 4 is 0 Å². The van der Waals surface area contributed by atoms with Gasteiger partial charge < -0.3 is 29.0 Å². The number of fused-ring (bicyclic) bond motifs is 2. The zero-order valence-electron chi connectivity index (χ0n) is 18.1. The lowest BCUT2D eigenvalue weighted by Gasteiger charge is -2.22. The summed E-state index contributed by atoms with van der Waals surface area (Å²) in [6.45, 7) is 3.38. The molecule has 0 spiro atoms. The largest absolute Gasteiger partial charge is 0.488 e. The van der Waals surface area contributed by atoms with E-state index in [2.05, 4.69) is 17.4 Å². The summed E-state index contributed by atoms with van der Waals surface area (Å²) in [6.07, 6.45) is 0. The van der Waals surface area contributed by atoms with Crippen molar-refractivity contribution in [1.82, 2.24) is 5.32 Å². The molecule has 168 valence electrons. The molecule has 4 rings (SSSR count). The van der Waals surface area contributed by atoms with E-state index < -0.39 is 0 Å². The van der Waals surface area contributed by atoms with Gasteiger partial charge in [0.2, 0.25) is 0 Å². The van der Waals surface area contributed by atoms with E-state index in [0.29, 0.717) is 69.2 Å². The summed E-state index contributed by atoms with van der Waals surface area (Å²) >= 11 is 0. The number of hydrogen-bond acceptors (Lipinski definition) is 6. The smallest absolute Gasteiger partial charge is 0.161 e. The second kappa shape index (κ2) is 12.0. The molecule has 1 aliphatic heterocycles. The van der Waals surface area contributed by atoms with Gasteiger partial charge in [-0.3, -0.25) is 0 Å². The van der Waals surface area contributed by atoms with Crippen LogP contribution in [0, 0.1) is 0 Å². The summed E-state index contributed by atoms with van der Waals surface area (Å²) in [5.41, 5.74) is 1.20. The zero-order chi connectivity index (χ0) is 21.8. The molecule has 0 atom stereocenters. The maximum atomic E-state index is 6.14. The third kappa shape index (κ3) is 6.64. The Kier molecular flexibility index (Phi) is 8.23. The molecule has 3 aromatic rings. The fourth-order valence-electron chi connectivity index (χ4n) is 3.31. The molecule has 0 saturated heterocycles. The summed E-state index contributed by atoms with van der Waals surface area (Å²) in [4.78, 5) is 0. The van der Waals surface area contributed by atoms with Crippen molar-refractivity contribution in [3.8, 4) is 23.0 Å². The summed E-state index contributed by atoms with van der Waals surface area (Å²) in [7, 11) is 0. The van der Waals surface area contributed by atoms with Gasteiger partial charge in [0.15, 0.2) is 23.0 Å². The van der Waals surface area contributed by atoms with Crippen molar-refractivity contribution in [1.29, 1.82) is 0 Å².